The summed E-state index contributed by atoms with van der Waals surface area (Å²) in [5.74, 6) is 0.985. The molecule has 0 saturated heterocycles. The molecule has 1 heterocycles. The van der Waals surface area contributed by atoms with Gasteiger partial charge in [0.15, 0.2) is 0 Å². The highest BCUT2D eigenvalue weighted by Crippen LogP contribution is 2.35. The van der Waals surface area contributed by atoms with E-state index in [0.29, 0.717) is 0 Å². The van der Waals surface area contributed by atoms with Gasteiger partial charge in [0.25, 0.3) is 0 Å². The lowest BCUT2D eigenvalue weighted by Crippen LogP contribution is -2.18. The molecule has 0 amide bonds. The second-order valence-corrected chi connectivity index (χ2v) is 3.93. The Morgan fingerprint density at radius 2 is 2.07 bits per heavy atom. The number of hydrogen-bond donors (Lipinski definition) is 0. The Balaban J connectivity index is 2.18. The molecule has 0 N–H and O–H groups in total. The Morgan fingerprint density at radius 1 is 1.20 bits per heavy atom. The molecule has 0 aromatic heterocycles. The van der Waals surface area contributed by atoms with Gasteiger partial charge in [-0.2, -0.15) is 0 Å². The van der Waals surface area contributed by atoms with Crippen molar-refractivity contribution in [2.75, 3.05) is 0 Å². The van der Waals surface area contributed by atoms with Crippen molar-refractivity contribution in [2.45, 2.75) is 13.0 Å². The van der Waals surface area contributed by atoms with Gasteiger partial charge in [-0.05, 0) is 30.2 Å². The Morgan fingerprint density at radius 3 is 3.00 bits per heavy atom. The van der Waals surface area contributed by atoms with E-state index in [1.807, 2.05) is 18.2 Å². The first-order valence-corrected chi connectivity index (χ1v) is 5.17. The topological polar surface area (TPSA) is 9.23 Å². The second-order valence-electron chi connectivity index (χ2n) is 3.93. The van der Waals surface area contributed by atoms with Gasteiger partial charge in [-0.15, -0.1) is 0 Å². The molecule has 3 rings (SSSR count). The Kier molecular flexibility index (Phi) is 1.78. The van der Waals surface area contributed by atoms with Crippen molar-refractivity contribution in [2.24, 2.45) is 0 Å². The van der Waals surface area contributed by atoms with Crippen molar-refractivity contribution >= 4 is 5.57 Å². The maximum Gasteiger partial charge on any atom is 0.139 e. The highest BCUT2D eigenvalue weighted by atomic mass is 16.5. The highest BCUT2D eigenvalue weighted by Gasteiger charge is 2.20. The first-order chi connectivity index (χ1) is 7.34. The van der Waals surface area contributed by atoms with Crippen molar-refractivity contribution < 1.29 is 4.74 Å². The number of hydrogen-bond acceptors (Lipinski definition) is 1. The number of rotatable bonds is 0. The van der Waals surface area contributed by atoms with Crippen molar-refractivity contribution in [3.63, 3.8) is 0 Å². The summed E-state index contributed by atoms with van der Waals surface area (Å²) in [6.07, 6.45) is 8.62. The van der Waals surface area contributed by atoms with Gasteiger partial charge >= 0.3 is 0 Å². The molecule has 0 radical (unpaired) electrons. The normalized spacial score (nSPS) is 22.1. The molecule has 15 heavy (non-hydrogen) atoms. The zero-order chi connectivity index (χ0) is 10.3. The zero-order valence-electron chi connectivity index (χ0n) is 8.60. The lowest BCUT2D eigenvalue weighted by Gasteiger charge is -2.23. The summed E-state index contributed by atoms with van der Waals surface area (Å²) < 4.78 is 5.91. The molecule has 2 bridgehead atoms. The molecule has 0 spiro atoms. The maximum atomic E-state index is 5.91. The van der Waals surface area contributed by atoms with E-state index in [9.17, 15) is 0 Å². The van der Waals surface area contributed by atoms with E-state index in [4.69, 9.17) is 4.74 Å². The van der Waals surface area contributed by atoms with Gasteiger partial charge in [0.2, 0.25) is 0 Å². The Hall–Kier alpha value is -1.76. The molecule has 0 fully saturated rings. The van der Waals surface area contributed by atoms with Crippen molar-refractivity contribution in [3.05, 3.63) is 59.7 Å². The minimum Gasteiger partial charge on any atom is -0.481 e. The van der Waals surface area contributed by atoms with Gasteiger partial charge in [0, 0.05) is 5.56 Å². The molecule has 1 aliphatic carbocycles. The number of allylic oxidation sites excluding steroid dienone is 4. The fourth-order valence-corrected chi connectivity index (χ4v) is 2.00. The molecule has 1 aromatic carbocycles. The third kappa shape index (κ3) is 1.32. The summed E-state index contributed by atoms with van der Waals surface area (Å²) in [7, 11) is 0. The molecule has 2 aliphatic rings. The molecule has 1 heteroatoms. The van der Waals surface area contributed by atoms with Gasteiger partial charge in [-0.1, -0.05) is 36.4 Å². The first-order valence-electron chi connectivity index (χ1n) is 5.17. The zero-order valence-corrected chi connectivity index (χ0v) is 8.60. The van der Waals surface area contributed by atoms with Crippen LogP contribution in [-0.2, 0) is 0 Å². The van der Waals surface area contributed by atoms with Crippen LogP contribution in [0.15, 0.2) is 54.1 Å². The van der Waals surface area contributed by atoms with Gasteiger partial charge in [0.05, 0.1) is 0 Å². The van der Waals surface area contributed by atoms with Crippen LogP contribution in [-0.4, -0.2) is 6.10 Å². The summed E-state index contributed by atoms with van der Waals surface area (Å²) in [5.41, 5.74) is 3.69. The third-order valence-electron chi connectivity index (χ3n) is 2.87. The summed E-state index contributed by atoms with van der Waals surface area (Å²) in [6, 6.07) is 8.19. The summed E-state index contributed by atoms with van der Waals surface area (Å²) >= 11 is 0. The number of benzene rings is 1. The fraction of sp³-hybridized carbons (Fsp3) is 0.143. The van der Waals surface area contributed by atoms with E-state index < -0.39 is 0 Å². The molecule has 1 aliphatic heterocycles. The largest absolute Gasteiger partial charge is 0.481 e. The van der Waals surface area contributed by atoms with Gasteiger partial charge in [0.1, 0.15) is 11.9 Å². The standard InChI is InChI=1S/C14H12O/c1-10-5-4-6-11-9-14(10)15-13-8-3-2-7-12(11)13/h2-9,14H,1H3. The van der Waals surface area contributed by atoms with Crippen LogP contribution in [0.25, 0.3) is 5.57 Å². The van der Waals surface area contributed by atoms with Crippen LogP contribution >= 0.6 is 0 Å². The predicted octanol–water partition coefficient (Wildman–Crippen LogP) is 3.35. The average molecular weight is 196 g/mol. The summed E-state index contributed by atoms with van der Waals surface area (Å²) in [4.78, 5) is 0. The van der Waals surface area contributed by atoms with E-state index in [2.05, 4.69) is 37.3 Å². The highest BCUT2D eigenvalue weighted by molar-refractivity contribution is 5.80. The van der Waals surface area contributed by atoms with Crippen LogP contribution in [0.1, 0.15) is 12.5 Å². The number of ether oxygens (including phenoxy) is 1. The van der Waals surface area contributed by atoms with Crippen LogP contribution < -0.4 is 4.74 Å². The minimum atomic E-state index is 0.102. The quantitative estimate of drug-likeness (QED) is 0.618. The lowest BCUT2D eigenvalue weighted by atomic mass is 9.99. The van der Waals surface area contributed by atoms with E-state index in [1.165, 1.54) is 16.7 Å². The van der Waals surface area contributed by atoms with Crippen LogP contribution in [0.3, 0.4) is 0 Å². The second kappa shape index (κ2) is 3.13. The SMILES string of the molecule is CC1=CC=CC2=CC1Oc1ccccc12. The third-order valence-corrected chi connectivity index (χ3v) is 2.87. The van der Waals surface area contributed by atoms with Gasteiger partial charge < -0.3 is 4.74 Å². The fourth-order valence-electron chi connectivity index (χ4n) is 2.00. The molecule has 0 saturated carbocycles. The smallest absolute Gasteiger partial charge is 0.139 e. The maximum absolute atomic E-state index is 5.91. The monoisotopic (exact) mass is 196 g/mol. The van der Waals surface area contributed by atoms with Crippen molar-refractivity contribution in [1.29, 1.82) is 0 Å². The first kappa shape index (κ1) is 8.54. The van der Waals surface area contributed by atoms with E-state index in [1.54, 1.807) is 0 Å². The van der Waals surface area contributed by atoms with E-state index >= 15 is 0 Å². The summed E-state index contributed by atoms with van der Waals surface area (Å²) in [6.45, 7) is 2.10. The van der Waals surface area contributed by atoms with Crippen molar-refractivity contribution in [3.8, 4) is 5.75 Å². The minimum absolute atomic E-state index is 0.102. The van der Waals surface area contributed by atoms with Crippen LogP contribution in [0, 0.1) is 0 Å². The molecule has 1 unspecified atom stereocenters. The molecular formula is C14H12O. The molecule has 74 valence electrons. The van der Waals surface area contributed by atoms with Gasteiger partial charge in [-0.3, -0.25) is 0 Å². The number of para-hydroxylation sites is 1. The van der Waals surface area contributed by atoms with Crippen LogP contribution in [0.4, 0.5) is 0 Å². The molecular weight excluding hydrogens is 184 g/mol. The Labute approximate surface area is 89.4 Å². The van der Waals surface area contributed by atoms with Gasteiger partial charge in [-0.25, -0.2) is 0 Å². The number of fused-ring (bicyclic) bond motifs is 3. The van der Waals surface area contributed by atoms with E-state index in [-0.39, 0.29) is 6.10 Å². The van der Waals surface area contributed by atoms with Crippen LogP contribution in [0.2, 0.25) is 0 Å². The van der Waals surface area contributed by atoms with E-state index in [0.717, 1.165) is 5.75 Å². The molecule has 1 aromatic rings. The van der Waals surface area contributed by atoms with Crippen molar-refractivity contribution in [1.82, 2.24) is 0 Å². The summed E-state index contributed by atoms with van der Waals surface area (Å²) in [5, 5.41) is 0. The Bertz CT molecular complexity index is 492. The molecule has 1 atom stereocenters. The predicted molar refractivity (Wildman–Crippen MR) is 61.7 cm³/mol. The molecule has 1 nitrogen and oxygen atoms in total. The average Bonchev–Trinajstić information content (AvgIpc) is 2.41. The lowest BCUT2D eigenvalue weighted by molar-refractivity contribution is 0.280. The van der Waals surface area contributed by atoms with Crippen LogP contribution in [0.5, 0.6) is 5.75 Å².